The summed E-state index contributed by atoms with van der Waals surface area (Å²) in [4.78, 5) is 3.63. The average molecular weight is 213 g/mol. The lowest BCUT2D eigenvalue weighted by atomic mass is 9.92. The summed E-state index contributed by atoms with van der Waals surface area (Å²) in [5, 5.41) is 1.37. The zero-order chi connectivity index (χ0) is 11.3. The van der Waals surface area contributed by atoms with Crippen LogP contribution in [0.1, 0.15) is 50.8 Å². The van der Waals surface area contributed by atoms with Crippen molar-refractivity contribution >= 4 is 10.9 Å². The summed E-state index contributed by atoms with van der Waals surface area (Å²) in [6, 6.07) is 8.99. The Hall–Kier alpha value is -1.24. The van der Waals surface area contributed by atoms with Crippen molar-refractivity contribution < 1.29 is 0 Å². The largest absolute Gasteiger partial charge is 0.358 e. The third-order valence-electron chi connectivity index (χ3n) is 3.51. The predicted octanol–water partition coefficient (Wildman–Crippen LogP) is 4.34. The molecule has 84 valence electrons. The fraction of sp³-hybridized carbons (Fsp3) is 0.467. The van der Waals surface area contributed by atoms with Crippen LogP contribution in [0.15, 0.2) is 24.3 Å². The van der Waals surface area contributed by atoms with E-state index in [0.29, 0.717) is 0 Å². The lowest BCUT2D eigenvalue weighted by Gasteiger charge is -2.15. The molecule has 1 N–H and O–H groups in total. The Morgan fingerprint density at radius 1 is 1.19 bits per heavy atom. The van der Waals surface area contributed by atoms with Gasteiger partial charge in [0.05, 0.1) is 0 Å². The van der Waals surface area contributed by atoms with E-state index in [1.54, 1.807) is 0 Å². The number of nitrogens with one attached hydrogen (secondary N) is 1. The van der Waals surface area contributed by atoms with Crippen LogP contribution in [0.3, 0.4) is 0 Å². The van der Waals surface area contributed by atoms with Crippen LogP contribution in [0.4, 0.5) is 0 Å². The molecule has 0 bridgehead atoms. The van der Waals surface area contributed by atoms with Crippen LogP contribution in [0, 0.1) is 0 Å². The Kier molecular flexibility index (Phi) is 1.95. The predicted molar refractivity (Wildman–Crippen MR) is 69.0 cm³/mol. The van der Waals surface area contributed by atoms with E-state index in [9.17, 15) is 0 Å². The Bertz CT molecular complexity index is 524. The Morgan fingerprint density at radius 3 is 2.56 bits per heavy atom. The van der Waals surface area contributed by atoms with E-state index in [-0.39, 0.29) is 5.41 Å². The highest BCUT2D eigenvalue weighted by atomic mass is 14.7. The van der Waals surface area contributed by atoms with Crippen LogP contribution in [0.5, 0.6) is 0 Å². The first-order valence-electron chi connectivity index (χ1n) is 6.18. The molecule has 1 heterocycles. The van der Waals surface area contributed by atoms with Crippen LogP contribution < -0.4 is 0 Å². The fourth-order valence-corrected chi connectivity index (χ4v) is 2.32. The molecule has 0 spiro atoms. The molecule has 0 atom stereocenters. The van der Waals surface area contributed by atoms with Gasteiger partial charge in [-0.1, -0.05) is 39.0 Å². The molecule has 1 aromatic heterocycles. The molecule has 2 aromatic rings. The highest BCUT2D eigenvalue weighted by Crippen LogP contribution is 2.43. The normalized spacial score (nSPS) is 16.9. The molecule has 1 aliphatic rings. The summed E-state index contributed by atoms with van der Waals surface area (Å²) in [7, 11) is 0. The standard InChI is InChI=1S/C15H19N/c1-15(2,3)13-9-11-5-4-6-12(10-7-8-10)14(11)16-13/h4-6,9-10,16H,7-8H2,1-3H3. The molecule has 1 nitrogen and oxygen atoms in total. The number of aromatic nitrogens is 1. The number of aromatic amines is 1. The van der Waals surface area contributed by atoms with E-state index in [0.717, 1.165) is 5.92 Å². The summed E-state index contributed by atoms with van der Waals surface area (Å²) in [6.07, 6.45) is 2.73. The minimum atomic E-state index is 0.208. The van der Waals surface area contributed by atoms with Gasteiger partial charge in [0.2, 0.25) is 0 Å². The van der Waals surface area contributed by atoms with Crippen molar-refractivity contribution in [2.45, 2.75) is 44.9 Å². The molecule has 0 unspecified atom stereocenters. The zero-order valence-electron chi connectivity index (χ0n) is 10.3. The number of hydrogen-bond acceptors (Lipinski definition) is 0. The van der Waals surface area contributed by atoms with Gasteiger partial charge in [0.1, 0.15) is 0 Å². The van der Waals surface area contributed by atoms with Gasteiger partial charge < -0.3 is 4.98 Å². The van der Waals surface area contributed by atoms with Crippen LogP contribution in [-0.2, 0) is 5.41 Å². The third kappa shape index (κ3) is 1.55. The van der Waals surface area contributed by atoms with Gasteiger partial charge in [-0.3, -0.25) is 0 Å². The fourth-order valence-electron chi connectivity index (χ4n) is 2.32. The van der Waals surface area contributed by atoms with Gasteiger partial charge in [0.15, 0.2) is 0 Å². The second-order valence-corrected chi connectivity index (χ2v) is 6.02. The smallest absolute Gasteiger partial charge is 0.0491 e. The first-order valence-corrected chi connectivity index (χ1v) is 6.18. The van der Waals surface area contributed by atoms with Crippen molar-refractivity contribution in [1.29, 1.82) is 0 Å². The molecule has 1 aromatic carbocycles. The maximum absolute atomic E-state index is 3.63. The summed E-state index contributed by atoms with van der Waals surface area (Å²) in [5.41, 5.74) is 4.44. The van der Waals surface area contributed by atoms with Crippen molar-refractivity contribution in [3.05, 3.63) is 35.5 Å². The summed E-state index contributed by atoms with van der Waals surface area (Å²) in [6.45, 7) is 6.78. The highest BCUT2D eigenvalue weighted by Gasteiger charge is 2.26. The molecular formula is C15H19N. The first kappa shape index (κ1) is 9.95. The first-order chi connectivity index (χ1) is 7.55. The number of rotatable bonds is 1. The van der Waals surface area contributed by atoms with Crippen LogP contribution in [0.2, 0.25) is 0 Å². The molecule has 1 saturated carbocycles. The van der Waals surface area contributed by atoms with Crippen molar-refractivity contribution in [1.82, 2.24) is 4.98 Å². The highest BCUT2D eigenvalue weighted by molar-refractivity contribution is 5.84. The van der Waals surface area contributed by atoms with Gasteiger partial charge in [-0.25, -0.2) is 0 Å². The number of benzene rings is 1. The molecule has 16 heavy (non-hydrogen) atoms. The number of fused-ring (bicyclic) bond motifs is 1. The average Bonchev–Trinajstić information content (AvgIpc) is 2.93. The van der Waals surface area contributed by atoms with E-state index < -0.39 is 0 Å². The Labute approximate surface area is 96.9 Å². The van der Waals surface area contributed by atoms with E-state index in [1.165, 1.54) is 35.0 Å². The summed E-state index contributed by atoms with van der Waals surface area (Å²) in [5.74, 6) is 0.815. The molecule has 0 aliphatic heterocycles. The van der Waals surface area contributed by atoms with E-state index in [1.807, 2.05) is 0 Å². The van der Waals surface area contributed by atoms with Crippen LogP contribution >= 0.6 is 0 Å². The molecule has 3 rings (SSSR count). The van der Waals surface area contributed by atoms with E-state index in [4.69, 9.17) is 0 Å². The van der Waals surface area contributed by atoms with Gasteiger partial charge in [-0.05, 0) is 35.8 Å². The lowest BCUT2D eigenvalue weighted by molar-refractivity contribution is 0.574. The molecule has 1 heteroatoms. The van der Waals surface area contributed by atoms with Gasteiger partial charge in [0, 0.05) is 16.6 Å². The van der Waals surface area contributed by atoms with Crippen molar-refractivity contribution in [3.63, 3.8) is 0 Å². The van der Waals surface area contributed by atoms with E-state index in [2.05, 4.69) is 50.0 Å². The van der Waals surface area contributed by atoms with Crippen LogP contribution in [-0.4, -0.2) is 4.98 Å². The number of para-hydroxylation sites is 1. The van der Waals surface area contributed by atoms with Gasteiger partial charge in [0.25, 0.3) is 0 Å². The molecular weight excluding hydrogens is 194 g/mol. The van der Waals surface area contributed by atoms with Crippen molar-refractivity contribution in [2.24, 2.45) is 0 Å². The SMILES string of the molecule is CC(C)(C)c1cc2cccc(C3CC3)c2[nH]1. The van der Waals surface area contributed by atoms with Crippen LogP contribution in [0.25, 0.3) is 10.9 Å². The van der Waals surface area contributed by atoms with Gasteiger partial charge in [-0.15, -0.1) is 0 Å². The molecule has 1 fully saturated rings. The Morgan fingerprint density at radius 2 is 1.94 bits per heavy atom. The molecule has 0 amide bonds. The monoisotopic (exact) mass is 213 g/mol. The second kappa shape index (κ2) is 3.13. The maximum Gasteiger partial charge on any atom is 0.0491 e. The summed E-state index contributed by atoms with van der Waals surface area (Å²) < 4.78 is 0. The van der Waals surface area contributed by atoms with Crippen molar-refractivity contribution in [3.8, 4) is 0 Å². The quantitative estimate of drug-likeness (QED) is 0.725. The second-order valence-electron chi connectivity index (χ2n) is 6.02. The minimum absolute atomic E-state index is 0.208. The number of H-pyrrole nitrogens is 1. The van der Waals surface area contributed by atoms with Crippen molar-refractivity contribution in [2.75, 3.05) is 0 Å². The molecule has 0 radical (unpaired) electrons. The Balaban J connectivity index is 2.20. The minimum Gasteiger partial charge on any atom is -0.358 e. The lowest BCUT2D eigenvalue weighted by Crippen LogP contribution is -2.11. The van der Waals surface area contributed by atoms with E-state index >= 15 is 0 Å². The topological polar surface area (TPSA) is 15.8 Å². The number of hydrogen-bond donors (Lipinski definition) is 1. The molecule has 1 aliphatic carbocycles. The third-order valence-corrected chi connectivity index (χ3v) is 3.51. The maximum atomic E-state index is 3.63. The van der Waals surface area contributed by atoms with Gasteiger partial charge in [-0.2, -0.15) is 0 Å². The van der Waals surface area contributed by atoms with Gasteiger partial charge >= 0.3 is 0 Å². The molecule has 0 saturated heterocycles. The summed E-state index contributed by atoms with van der Waals surface area (Å²) >= 11 is 0. The zero-order valence-corrected chi connectivity index (χ0v) is 10.3.